The standard InChI is InChI=1S/C26H30N4O3/c1-16-17(2)25-21(26(32)30(15-33-25)23-6-4-5-7-24(23)31)11-19(16)10-18-8-9-22(27-12-18)20-13-28-29(3)14-20/h8-9,11-14,23-24,31H,4-7,10,15H2,1-3H3. The van der Waals surface area contributed by atoms with Crippen LogP contribution in [0.1, 0.15) is 58.3 Å². The topological polar surface area (TPSA) is 80.5 Å². The number of aromatic nitrogens is 3. The number of hydrogen-bond acceptors (Lipinski definition) is 5. The number of fused-ring (bicyclic) bond motifs is 1. The minimum Gasteiger partial charge on any atom is -0.472 e. The summed E-state index contributed by atoms with van der Waals surface area (Å²) in [7, 11) is 1.89. The number of aryl methyl sites for hydroxylation is 1. The summed E-state index contributed by atoms with van der Waals surface area (Å²) in [5.41, 5.74) is 6.76. The summed E-state index contributed by atoms with van der Waals surface area (Å²) in [6.45, 7) is 4.29. The fraction of sp³-hybridized carbons (Fsp3) is 0.423. The van der Waals surface area contributed by atoms with Crippen molar-refractivity contribution in [2.75, 3.05) is 6.73 Å². The van der Waals surface area contributed by atoms with Crippen molar-refractivity contribution in [1.82, 2.24) is 19.7 Å². The lowest BCUT2D eigenvalue weighted by Gasteiger charge is -2.40. The summed E-state index contributed by atoms with van der Waals surface area (Å²) < 4.78 is 7.83. The molecule has 1 aliphatic carbocycles. The monoisotopic (exact) mass is 446 g/mol. The molecule has 1 fully saturated rings. The number of benzene rings is 1. The van der Waals surface area contributed by atoms with Gasteiger partial charge in [-0.15, -0.1) is 0 Å². The minimum absolute atomic E-state index is 0.0448. The maximum Gasteiger partial charge on any atom is 0.260 e. The lowest BCUT2D eigenvalue weighted by molar-refractivity contribution is -0.0126. The molecule has 3 heterocycles. The van der Waals surface area contributed by atoms with Gasteiger partial charge in [0.05, 0.1) is 29.6 Å². The van der Waals surface area contributed by atoms with E-state index in [9.17, 15) is 9.90 Å². The van der Waals surface area contributed by atoms with E-state index in [1.54, 1.807) is 15.8 Å². The zero-order chi connectivity index (χ0) is 23.1. The number of ether oxygens (including phenoxy) is 1. The van der Waals surface area contributed by atoms with E-state index in [1.807, 2.05) is 38.5 Å². The molecule has 0 bridgehead atoms. The van der Waals surface area contributed by atoms with E-state index in [-0.39, 0.29) is 18.7 Å². The van der Waals surface area contributed by atoms with Gasteiger partial charge >= 0.3 is 0 Å². The lowest BCUT2D eigenvalue weighted by atomic mass is 9.89. The van der Waals surface area contributed by atoms with Crippen LogP contribution in [0.3, 0.4) is 0 Å². The van der Waals surface area contributed by atoms with E-state index in [4.69, 9.17) is 4.74 Å². The van der Waals surface area contributed by atoms with Crippen LogP contribution in [0.15, 0.2) is 36.8 Å². The molecule has 7 heteroatoms. The Morgan fingerprint density at radius 3 is 2.67 bits per heavy atom. The van der Waals surface area contributed by atoms with Gasteiger partial charge in [-0.2, -0.15) is 5.10 Å². The first-order valence-electron chi connectivity index (χ1n) is 11.6. The molecule has 2 aliphatic rings. The van der Waals surface area contributed by atoms with Gasteiger partial charge in [0.2, 0.25) is 0 Å². The van der Waals surface area contributed by atoms with Crippen LogP contribution >= 0.6 is 0 Å². The zero-order valence-electron chi connectivity index (χ0n) is 19.4. The molecule has 33 heavy (non-hydrogen) atoms. The summed E-state index contributed by atoms with van der Waals surface area (Å²) in [6, 6.07) is 5.88. The number of nitrogens with zero attached hydrogens (tertiary/aromatic N) is 4. The summed E-state index contributed by atoms with van der Waals surface area (Å²) in [6.07, 6.45) is 9.42. The highest BCUT2D eigenvalue weighted by Crippen LogP contribution is 2.36. The van der Waals surface area contributed by atoms with Crippen molar-refractivity contribution < 1.29 is 14.6 Å². The molecule has 0 saturated heterocycles. The molecule has 1 N–H and O–H groups in total. The smallest absolute Gasteiger partial charge is 0.260 e. The van der Waals surface area contributed by atoms with Crippen molar-refractivity contribution in [2.24, 2.45) is 7.05 Å². The predicted octanol–water partition coefficient (Wildman–Crippen LogP) is 3.79. The van der Waals surface area contributed by atoms with Crippen molar-refractivity contribution >= 4 is 5.91 Å². The number of carbonyl (C=O) groups is 1. The van der Waals surface area contributed by atoms with Crippen LogP contribution in [-0.4, -0.2) is 49.6 Å². The first-order chi connectivity index (χ1) is 15.9. The van der Waals surface area contributed by atoms with Crippen LogP contribution in [-0.2, 0) is 13.5 Å². The van der Waals surface area contributed by atoms with Gasteiger partial charge in [-0.25, -0.2) is 0 Å². The quantitative estimate of drug-likeness (QED) is 0.660. The van der Waals surface area contributed by atoms with Crippen LogP contribution < -0.4 is 4.74 Å². The third-order valence-corrected chi connectivity index (χ3v) is 7.10. The van der Waals surface area contributed by atoms with Gasteiger partial charge in [0.25, 0.3) is 5.91 Å². The summed E-state index contributed by atoms with van der Waals surface area (Å²) in [5.74, 6) is 0.629. The average molecular weight is 447 g/mol. The van der Waals surface area contributed by atoms with E-state index in [0.717, 1.165) is 59.2 Å². The Labute approximate surface area is 194 Å². The highest BCUT2D eigenvalue weighted by molar-refractivity contribution is 5.99. The Balaban J connectivity index is 1.42. The van der Waals surface area contributed by atoms with E-state index < -0.39 is 6.10 Å². The lowest BCUT2D eigenvalue weighted by Crippen LogP contribution is -2.52. The largest absolute Gasteiger partial charge is 0.472 e. The number of rotatable bonds is 4. The van der Waals surface area contributed by atoms with Gasteiger partial charge in [-0.3, -0.25) is 19.4 Å². The van der Waals surface area contributed by atoms with E-state index >= 15 is 0 Å². The van der Waals surface area contributed by atoms with Crippen LogP contribution in [0.4, 0.5) is 0 Å². The van der Waals surface area contributed by atoms with Gasteiger partial charge in [0.15, 0.2) is 6.73 Å². The summed E-state index contributed by atoms with van der Waals surface area (Å²) in [5, 5.41) is 14.7. The van der Waals surface area contributed by atoms with Gasteiger partial charge in [0.1, 0.15) is 5.75 Å². The molecular formula is C26H30N4O3. The average Bonchev–Trinajstić information content (AvgIpc) is 3.25. The molecular weight excluding hydrogens is 416 g/mol. The number of pyridine rings is 1. The second-order valence-corrected chi connectivity index (χ2v) is 9.26. The SMILES string of the molecule is Cc1c(Cc2ccc(-c3cnn(C)c3)nc2)cc2c(c1C)OCN(C1CCCCC1O)C2=O. The number of carbonyl (C=O) groups excluding carboxylic acids is 1. The highest BCUT2D eigenvalue weighted by Gasteiger charge is 2.37. The molecule has 0 spiro atoms. The minimum atomic E-state index is -0.483. The van der Waals surface area contributed by atoms with Crippen molar-refractivity contribution in [3.63, 3.8) is 0 Å². The number of amides is 1. The molecule has 1 aliphatic heterocycles. The third-order valence-electron chi connectivity index (χ3n) is 7.10. The van der Waals surface area contributed by atoms with Gasteiger partial charge in [-0.1, -0.05) is 18.9 Å². The Morgan fingerprint density at radius 1 is 1.15 bits per heavy atom. The van der Waals surface area contributed by atoms with Crippen molar-refractivity contribution in [3.05, 3.63) is 64.6 Å². The molecule has 2 unspecified atom stereocenters. The van der Waals surface area contributed by atoms with Crippen molar-refractivity contribution in [2.45, 2.75) is 58.1 Å². The summed E-state index contributed by atoms with van der Waals surface area (Å²) >= 11 is 0. The van der Waals surface area contributed by atoms with Crippen molar-refractivity contribution in [3.8, 4) is 17.0 Å². The Morgan fingerprint density at radius 2 is 1.97 bits per heavy atom. The van der Waals surface area contributed by atoms with Crippen LogP contribution in [0.5, 0.6) is 5.75 Å². The van der Waals surface area contributed by atoms with Crippen LogP contribution in [0.2, 0.25) is 0 Å². The Bertz CT molecular complexity index is 1180. The second kappa shape index (κ2) is 8.63. The second-order valence-electron chi connectivity index (χ2n) is 9.26. The van der Waals surface area contributed by atoms with Gasteiger partial charge < -0.3 is 9.84 Å². The number of hydrogen-bond donors (Lipinski definition) is 1. The highest BCUT2D eigenvalue weighted by atomic mass is 16.5. The van der Waals surface area contributed by atoms with Crippen LogP contribution in [0.25, 0.3) is 11.3 Å². The first-order valence-corrected chi connectivity index (χ1v) is 11.6. The molecule has 1 amide bonds. The molecule has 1 saturated carbocycles. The van der Waals surface area contributed by atoms with E-state index in [1.165, 1.54) is 0 Å². The molecule has 172 valence electrons. The molecule has 7 nitrogen and oxygen atoms in total. The summed E-state index contributed by atoms with van der Waals surface area (Å²) in [4.78, 5) is 19.8. The number of aliphatic hydroxyl groups excluding tert-OH is 1. The normalized spacial score (nSPS) is 20.5. The zero-order valence-corrected chi connectivity index (χ0v) is 19.4. The van der Waals surface area contributed by atoms with Crippen LogP contribution in [0, 0.1) is 13.8 Å². The first kappa shape index (κ1) is 21.6. The van der Waals surface area contributed by atoms with E-state index in [2.05, 4.69) is 23.1 Å². The van der Waals surface area contributed by atoms with Gasteiger partial charge in [0, 0.05) is 25.0 Å². The third kappa shape index (κ3) is 4.02. The van der Waals surface area contributed by atoms with Gasteiger partial charge in [-0.05, 0) is 67.5 Å². The fourth-order valence-electron chi connectivity index (χ4n) is 5.01. The Hall–Kier alpha value is -3.19. The molecule has 0 radical (unpaired) electrons. The maximum atomic E-state index is 13.4. The molecule has 3 aromatic rings. The fourth-order valence-corrected chi connectivity index (χ4v) is 5.01. The predicted molar refractivity (Wildman–Crippen MR) is 125 cm³/mol. The Kier molecular flexibility index (Phi) is 5.66. The number of aliphatic hydroxyl groups is 1. The van der Waals surface area contributed by atoms with E-state index in [0.29, 0.717) is 17.7 Å². The maximum absolute atomic E-state index is 13.4. The molecule has 5 rings (SSSR count). The molecule has 2 atom stereocenters. The van der Waals surface area contributed by atoms with Crippen molar-refractivity contribution in [1.29, 1.82) is 0 Å². The molecule has 1 aromatic carbocycles. The molecule has 2 aromatic heterocycles.